The van der Waals surface area contributed by atoms with Crippen molar-refractivity contribution in [2.45, 2.75) is 44.8 Å². The van der Waals surface area contributed by atoms with Crippen molar-refractivity contribution in [3.8, 4) is 5.75 Å². The molecule has 5 nitrogen and oxygen atoms in total. The number of hydrogen-bond donors (Lipinski definition) is 2. The van der Waals surface area contributed by atoms with E-state index < -0.39 is 0 Å². The maximum absolute atomic E-state index is 13.8. The summed E-state index contributed by atoms with van der Waals surface area (Å²) in [6.45, 7) is 1.92. The monoisotopic (exact) mass is 407 g/mol. The highest BCUT2D eigenvalue weighted by Gasteiger charge is 2.23. The van der Waals surface area contributed by atoms with Gasteiger partial charge in [0.25, 0.3) is 0 Å². The third-order valence-electron chi connectivity index (χ3n) is 4.76. The number of anilines is 2. The number of aliphatic hydroxyl groups is 1. The summed E-state index contributed by atoms with van der Waals surface area (Å²) in [5, 5.41) is 14.0. The van der Waals surface area contributed by atoms with Crippen LogP contribution in [0.4, 0.5) is 15.9 Å². The second-order valence-electron chi connectivity index (χ2n) is 6.73. The Morgan fingerprint density at radius 1 is 1.33 bits per heavy atom. The number of rotatable bonds is 4. The Morgan fingerprint density at radius 3 is 3.00 bits per heavy atom. The number of nitrogens with one attached hydrogen (secondary N) is 1. The smallest absolute Gasteiger partial charge is 0.146 e. The van der Waals surface area contributed by atoms with Gasteiger partial charge >= 0.3 is 0 Å². The normalized spacial score (nSPS) is 20.0. The van der Waals surface area contributed by atoms with Gasteiger partial charge in [0.05, 0.1) is 21.5 Å². The number of halogens is 2. The van der Waals surface area contributed by atoms with Crippen molar-refractivity contribution in [1.82, 2.24) is 9.97 Å². The van der Waals surface area contributed by atoms with Crippen molar-refractivity contribution < 1.29 is 14.2 Å². The molecule has 8 heteroatoms. The summed E-state index contributed by atoms with van der Waals surface area (Å²) < 4.78 is 20.5. The molecule has 0 unspecified atom stereocenters. The van der Waals surface area contributed by atoms with Crippen LogP contribution in [-0.4, -0.2) is 27.3 Å². The number of ether oxygens (including phenoxy) is 1. The van der Waals surface area contributed by atoms with Crippen LogP contribution in [0.15, 0.2) is 24.5 Å². The molecule has 1 aromatic carbocycles. The minimum Gasteiger partial charge on any atom is -0.488 e. The highest BCUT2D eigenvalue weighted by molar-refractivity contribution is 7.22. The number of aliphatic hydroxyl groups excluding tert-OH is 1. The summed E-state index contributed by atoms with van der Waals surface area (Å²) in [7, 11) is 0. The van der Waals surface area contributed by atoms with Crippen molar-refractivity contribution in [3.05, 3.63) is 40.2 Å². The van der Waals surface area contributed by atoms with E-state index in [4.69, 9.17) is 16.3 Å². The summed E-state index contributed by atoms with van der Waals surface area (Å²) in [4.78, 5) is 9.39. The number of hydrogen-bond acceptors (Lipinski definition) is 6. The van der Waals surface area contributed by atoms with Gasteiger partial charge in [0.15, 0.2) is 0 Å². The molecule has 3 aromatic rings. The third kappa shape index (κ3) is 3.85. The molecule has 1 aliphatic rings. The van der Waals surface area contributed by atoms with Crippen LogP contribution in [0.25, 0.3) is 10.2 Å². The van der Waals surface area contributed by atoms with E-state index in [9.17, 15) is 9.50 Å². The maximum atomic E-state index is 13.8. The Hall–Kier alpha value is -1.96. The predicted octanol–water partition coefficient (Wildman–Crippen LogP) is 5.22. The highest BCUT2D eigenvalue weighted by Crippen LogP contribution is 2.39. The first-order valence-corrected chi connectivity index (χ1v) is 10.0. The Bertz CT molecular complexity index is 981. The molecule has 2 N–H and O–H groups in total. The van der Waals surface area contributed by atoms with Crippen LogP contribution >= 0.6 is 22.9 Å². The molecule has 2 atom stereocenters. The molecule has 142 valence electrons. The Morgan fingerprint density at radius 2 is 2.19 bits per heavy atom. The van der Waals surface area contributed by atoms with E-state index in [1.807, 2.05) is 6.92 Å². The number of aromatic nitrogens is 2. The third-order valence-corrected chi connectivity index (χ3v) is 6.26. The van der Waals surface area contributed by atoms with E-state index in [2.05, 4.69) is 15.3 Å². The van der Waals surface area contributed by atoms with Crippen molar-refractivity contribution in [2.24, 2.45) is 0 Å². The zero-order chi connectivity index (χ0) is 19.0. The van der Waals surface area contributed by atoms with Crippen LogP contribution in [0.1, 0.15) is 31.2 Å². The molecule has 2 heterocycles. The molecule has 0 amide bonds. The summed E-state index contributed by atoms with van der Waals surface area (Å²) >= 11 is 7.64. The van der Waals surface area contributed by atoms with Gasteiger partial charge in [-0.15, -0.1) is 11.3 Å². The quantitative estimate of drug-likeness (QED) is 0.620. The lowest BCUT2D eigenvalue weighted by Gasteiger charge is -2.27. The molecule has 1 aliphatic carbocycles. The molecular formula is C19H19ClFN3O2S. The van der Waals surface area contributed by atoms with Crippen LogP contribution in [-0.2, 0) is 0 Å². The number of benzene rings is 1. The SMILES string of the molecule is Cc1c(Cl)sc2ncnc(Nc3ccc(F)cc3O[C@H]3CCC[C@H](O)C3)c12. The first kappa shape index (κ1) is 18.4. The fraction of sp³-hybridized carbons (Fsp3) is 0.368. The van der Waals surface area contributed by atoms with E-state index in [-0.39, 0.29) is 18.0 Å². The number of nitrogens with zero attached hydrogens (tertiary/aromatic N) is 2. The summed E-state index contributed by atoms with van der Waals surface area (Å²) in [6.07, 6.45) is 4.02. The van der Waals surface area contributed by atoms with Crippen molar-refractivity contribution in [2.75, 3.05) is 5.32 Å². The van der Waals surface area contributed by atoms with Gasteiger partial charge in [0, 0.05) is 12.5 Å². The predicted molar refractivity (Wildman–Crippen MR) is 106 cm³/mol. The van der Waals surface area contributed by atoms with Crippen LogP contribution in [0, 0.1) is 12.7 Å². The molecular weight excluding hydrogens is 389 g/mol. The van der Waals surface area contributed by atoms with E-state index in [0.29, 0.717) is 28.0 Å². The van der Waals surface area contributed by atoms with E-state index >= 15 is 0 Å². The molecule has 4 rings (SSSR count). The second-order valence-corrected chi connectivity index (χ2v) is 8.33. The lowest BCUT2D eigenvalue weighted by atomic mass is 9.95. The van der Waals surface area contributed by atoms with E-state index in [1.54, 1.807) is 6.07 Å². The Labute approximate surface area is 165 Å². The average Bonchev–Trinajstić information content (AvgIpc) is 2.92. The first-order chi connectivity index (χ1) is 13.0. The van der Waals surface area contributed by atoms with Gasteiger partial charge in [-0.2, -0.15) is 0 Å². The first-order valence-electron chi connectivity index (χ1n) is 8.82. The van der Waals surface area contributed by atoms with Crippen molar-refractivity contribution in [3.63, 3.8) is 0 Å². The molecule has 0 radical (unpaired) electrons. The summed E-state index contributed by atoms with van der Waals surface area (Å²) in [5.41, 5.74) is 1.51. The van der Waals surface area contributed by atoms with Gasteiger partial charge in [-0.3, -0.25) is 0 Å². The minimum atomic E-state index is -0.380. The Kier molecular flexibility index (Phi) is 5.16. The molecule has 1 fully saturated rings. The molecule has 0 bridgehead atoms. The summed E-state index contributed by atoms with van der Waals surface area (Å²) in [6, 6.07) is 4.35. The van der Waals surface area contributed by atoms with Gasteiger partial charge in [0.1, 0.15) is 34.6 Å². The number of aryl methyl sites for hydroxylation is 1. The molecule has 0 saturated heterocycles. The van der Waals surface area contributed by atoms with Crippen molar-refractivity contribution >= 4 is 44.7 Å². The van der Waals surface area contributed by atoms with E-state index in [0.717, 1.165) is 35.0 Å². The standard InChI is InChI=1S/C19H19ClFN3O2S/c1-10-16-18(22-9-23-19(16)27-17(10)20)24-14-6-5-11(21)7-15(14)26-13-4-2-3-12(25)8-13/h5-7,9,12-13,25H,2-4,8H2,1H3,(H,22,23,24)/t12-,13-/m0/s1. The largest absolute Gasteiger partial charge is 0.488 e. The van der Waals surface area contributed by atoms with Gasteiger partial charge in [-0.25, -0.2) is 14.4 Å². The van der Waals surface area contributed by atoms with Gasteiger partial charge in [0.2, 0.25) is 0 Å². The maximum Gasteiger partial charge on any atom is 0.146 e. The second kappa shape index (κ2) is 7.58. The molecule has 1 saturated carbocycles. The topological polar surface area (TPSA) is 67.3 Å². The average molecular weight is 408 g/mol. The molecule has 0 spiro atoms. The zero-order valence-electron chi connectivity index (χ0n) is 14.7. The summed E-state index contributed by atoms with van der Waals surface area (Å²) in [5.74, 6) is 0.620. The van der Waals surface area contributed by atoms with Crippen LogP contribution in [0.2, 0.25) is 4.34 Å². The van der Waals surface area contributed by atoms with Crippen LogP contribution < -0.4 is 10.1 Å². The van der Waals surface area contributed by atoms with Crippen LogP contribution in [0.5, 0.6) is 5.75 Å². The molecule has 27 heavy (non-hydrogen) atoms. The van der Waals surface area contributed by atoms with Gasteiger partial charge in [-0.05, 0) is 43.9 Å². The number of fused-ring (bicyclic) bond motifs is 1. The fourth-order valence-corrected chi connectivity index (χ4v) is 4.56. The number of thiophene rings is 1. The zero-order valence-corrected chi connectivity index (χ0v) is 16.3. The van der Waals surface area contributed by atoms with Crippen molar-refractivity contribution in [1.29, 1.82) is 0 Å². The highest BCUT2D eigenvalue weighted by atomic mass is 35.5. The lowest BCUT2D eigenvalue weighted by molar-refractivity contribution is 0.0539. The fourth-order valence-electron chi connectivity index (χ4n) is 3.37. The molecule has 0 aliphatic heterocycles. The molecule has 2 aromatic heterocycles. The minimum absolute atomic E-state index is 0.140. The van der Waals surface area contributed by atoms with Crippen LogP contribution in [0.3, 0.4) is 0 Å². The van der Waals surface area contributed by atoms with Gasteiger partial charge < -0.3 is 15.2 Å². The lowest BCUT2D eigenvalue weighted by Crippen LogP contribution is -2.28. The Balaban J connectivity index is 1.66. The van der Waals surface area contributed by atoms with E-state index in [1.165, 1.54) is 29.8 Å². The van der Waals surface area contributed by atoms with Gasteiger partial charge in [-0.1, -0.05) is 11.6 Å².